The summed E-state index contributed by atoms with van der Waals surface area (Å²) in [6.45, 7) is 3.87. The van der Waals surface area contributed by atoms with Crippen LogP contribution in [0, 0.1) is 11.3 Å². The molecule has 1 heterocycles. The van der Waals surface area contributed by atoms with E-state index in [-0.39, 0.29) is 23.8 Å². The molecule has 1 saturated carbocycles. The number of hydrogen-bond donors (Lipinski definition) is 2. The molecule has 17 heavy (non-hydrogen) atoms. The van der Waals surface area contributed by atoms with Gasteiger partial charge in [0, 0.05) is 0 Å². The van der Waals surface area contributed by atoms with E-state index in [0.29, 0.717) is 18.7 Å². The Bertz CT molecular complexity index is 381. The Morgan fingerprint density at radius 3 is 2.35 bits per heavy atom. The predicted molar refractivity (Wildman–Crippen MR) is 64.3 cm³/mol. The second-order valence-corrected chi connectivity index (χ2v) is 5.32. The lowest BCUT2D eigenvalue weighted by Crippen LogP contribution is -2.56. The molecule has 0 saturated heterocycles. The van der Waals surface area contributed by atoms with Crippen LogP contribution in [-0.2, 0) is 9.59 Å². The molecule has 2 aliphatic rings. The van der Waals surface area contributed by atoms with Gasteiger partial charge in [-0.3, -0.25) is 9.59 Å². The average molecular weight is 237 g/mol. The highest BCUT2D eigenvalue weighted by Crippen LogP contribution is 2.40. The maximum Gasteiger partial charge on any atom is 0.263 e. The van der Waals surface area contributed by atoms with Crippen molar-refractivity contribution in [2.75, 3.05) is 0 Å². The summed E-state index contributed by atoms with van der Waals surface area (Å²) in [5.74, 6) is -0.0436. The van der Waals surface area contributed by atoms with Crippen LogP contribution in [0.4, 0.5) is 0 Å². The zero-order chi connectivity index (χ0) is 12.6. The number of hydrogen-bond acceptors (Lipinski definition) is 3. The third-order valence-electron chi connectivity index (χ3n) is 3.80. The first-order chi connectivity index (χ1) is 7.97. The van der Waals surface area contributed by atoms with Crippen molar-refractivity contribution in [1.82, 2.24) is 5.32 Å². The molecule has 0 aromatic rings. The van der Waals surface area contributed by atoms with E-state index in [1.54, 1.807) is 0 Å². The second kappa shape index (κ2) is 4.22. The molecule has 1 atom stereocenters. The third-order valence-corrected chi connectivity index (χ3v) is 3.80. The maximum absolute atomic E-state index is 12.1. The molecule has 5 nitrogen and oxygen atoms in total. The van der Waals surface area contributed by atoms with Gasteiger partial charge in [0.25, 0.3) is 5.91 Å². The number of carbonyl (C=O) groups is 2. The molecule has 1 aliphatic carbocycles. The Morgan fingerprint density at radius 1 is 1.29 bits per heavy atom. The normalized spacial score (nSPS) is 25.1. The SMILES string of the molecule is CC(C)C(N)C1=NC(=O)C2(CCCC2)C(=O)N1. The molecule has 0 bridgehead atoms. The minimum Gasteiger partial charge on any atom is -0.321 e. The summed E-state index contributed by atoms with van der Waals surface area (Å²) in [6.07, 6.45) is 3.07. The van der Waals surface area contributed by atoms with Crippen LogP contribution in [0.5, 0.6) is 0 Å². The van der Waals surface area contributed by atoms with Crippen molar-refractivity contribution in [1.29, 1.82) is 0 Å². The average Bonchev–Trinajstić information content (AvgIpc) is 2.75. The summed E-state index contributed by atoms with van der Waals surface area (Å²) in [7, 11) is 0. The molecule has 2 rings (SSSR count). The molecular formula is C12H19N3O2. The highest BCUT2D eigenvalue weighted by Gasteiger charge is 2.50. The number of aliphatic imine (C=N–C) groups is 1. The van der Waals surface area contributed by atoms with Gasteiger partial charge in [-0.15, -0.1) is 0 Å². The first kappa shape index (κ1) is 12.2. The van der Waals surface area contributed by atoms with E-state index in [9.17, 15) is 9.59 Å². The van der Waals surface area contributed by atoms with Gasteiger partial charge in [-0.05, 0) is 18.8 Å². The number of nitrogens with zero attached hydrogens (tertiary/aromatic N) is 1. The van der Waals surface area contributed by atoms with Crippen molar-refractivity contribution >= 4 is 17.6 Å². The minimum atomic E-state index is -0.889. The van der Waals surface area contributed by atoms with Gasteiger partial charge >= 0.3 is 0 Å². The number of carbonyl (C=O) groups excluding carboxylic acids is 2. The summed E-state index contributed by atoms with van der Waals surface area (Å²) in [5.41, 5.74) is 5.02. The molecular weight excluding hydrogens is 218 g/mol. The molecule has 1 aliphatic heterocycles. The summed E-state index contributed by atoms with van der Waals surface area (Å²) in [4.78, 5) is 28.2. The molecule has 94 valence electrons. The van der Waals surface area contributed by atoms with Crippen molar-refractivity contribution in [2.24, 2.45) is 22.1 Å². The van der Waals surface area contributed by atoms with Crippen LogP contribution < -0.4 is 11.1 Å². The van der Waals surface area contributed by atoms with Gasteiger partial charge in [0.1, 0.15) is 11.3 Å². The van der Waals surface area contributed by atoms with Crippen LogP contribution >= 0.6 is 0 Å². The van der Waals surface area contributed by atoms with Crippen LogP contribution in [0.15, 0.2) is 4.99 Å². The van der Waals surface area contributed by atoms with Crippen LogP contribution in [0.2, 0.25) is 0 Å². The van der Waals surface area contributed by atoms with E-state index in [1.165, 1.54) is 0 Å². The van der Waals surface area contributed by atoms with Crippen molar-refractivity contribution < 1.29 is 9.59 Å². The summed E-state index contributed by atoms with van der Waals surface area (Å²) >= 11 is 0. The van der Waals surface area contributed by atoms with Crippen molar-refractivity contribution in [3.8, 4) is 0 Å². The van der Waals surface area contributed by atoms with Gasteiger partial charge in [-0.2, -0.15) is 4.99 Å². The van der Waals surface area contributed by atoms with E-state index in [0.717, 1.165) is 12.8 Å². The van der Waals surface area contributed by atoms with Crippen molar-refractivity contribution in [2.45, 2.75) is 45.6 Å². The smallest absolute Gasteiger partial charge is 0.263 e. The second-order valence-electron chi connectivity index (χ2n) is 5.32. The van der Waals surface area contributed by atoms with Gasteiger partial charge < -0.3 is 11.1 Å². The lowest BCUT2D eigenvalue weighted by atomic mass is 9.82. The fourth-order valence-corrected chi connectivity index (χ4v) is 2.47. The van der Waals surface area contributed by atoms with Crippen LogP contribution in [0.3, 0.4) is 0 Å². The molecule has 1 fully saturated rings. The van der Waals surface area contributed by atoms with Crippen molar-refractivity contribution in [3.63, 3.8) is 0 Å². The topological polar surface area (TPSA) is 84.5 Å². The predicted octanol–water partition coefficient (Wildman–Crippen LogP) is 0.585. The van der Waals surface area contributed by atoms with Gasteiger partial charge in [0.05, 0.1) is 6.04 Å². The first-order valence-corrected chi connectivity index (χ1v) is 6.17. The third kappa shape index (κ3) is 1.88. The number of rotatable bonds is 2. The summed E-state index contributed by atoms with van der Waals surface area (Å²) in [5, 5.41) is 2.73. The molecule has 3 N–H and O–H groups in total. The van der Waals surface area contributed by atoms with E-state index in [1.807, 2.05) is 13.8 Å². The fraction of sp³-hybridized carbons (Fsp3) is 0.750. The summed E-state index contributed by atoms with van der Waals surface area (Å²) < 4.78 is 0. The van der Waals surface area contributed by atoms with E-state index < -0.39 is 5.41 Å². The number of amidine groups is 1. The van der Waals surface area contributed by atoms with Crippen LogP contribution in [0.25, 0.3) is 0 Å². The first-order valence-electron chi connectivity index (χ1n) is 6.17. The number of nitrogens with one attached hydrogen (secondary N) is 1. The Morgan fingerprint density at radius 2 is 1.88 bits per heavy atom. The minimum absolute atomic E-state index is 0.138. The van der Waals surface area contributed by atoms with Crippen LogP contribution in [0.1, 0.15) is 39.5 Å². The fourth-order valence-electron chi connectivity index (χ4n) is 2.47. The number of amides is 2. The maximum atomic E-state index is 12.1. The highest BCUT2D eigenvalue weighted by molar-refractivity contribution is 6.20. The molecule has 0 aromatic heterocycles. The molecule has 0 radical (unpaired) electrons. The highest BCUT2D eigenvalue weighted by atomic mass is 16.2. The summed E-state index contributed by atoms with van der Waals surface area (Å²) in [6, 6.07) is -0.387. The lowest BCUT2D eigenvalue weighted by molar-refractivity contribution is -0.141. The molecule has 5 heteroatoms. The van der Waals surface area contributed by atoms with Gasteiger partial charge in [0.15, 0.2) is 0 Å². The van der Waals surface area contributed by atoms with E-state index in [2.05, 4.69) is 10.3 Å². The quantitative estimate of drug-likeness (QED) is 0.689. The lowest BCUT2D eigenvalue weighted by Gasteiger charge is -2.31. The Labute approximate surface area is 101 Å². The largest absolute Gasteiger partial charge is 0.321 e. The van der Waals surface area contributed by atoms with Gasteiger partial charge in [-0.1, -0.05) is 26.7 Å². The zero-order valence-corrected chi connectivity index (χ0v) is 10.3. The van der Waals surface area contributed by atoms with Gasteiger partial charge in [-0.25, -0.2) is 0 Å². The van der Waals surface area contributed by atoms with E-state index >= 15 is 0 Å². The molecule has 2 amide bonds. The Hall–Kier alpha value is -1.23. The standard InChI is InChI=1S/C12H19N3O2/c1-7(2)8(13)9-14-10(16)12(11(17)15-9)5-3-4-6-12/h7-8H,3-6,13H2,1-2H3,(H,14,15,16,17). The molecule has 1 unspecified atom stereocenters. The van der Waals surface area contributed by atoms with Crippen LogP contribution in [-0.4, -0.2) is 23.7 Å². The van der Waals surface area contributed by atoms with Gasteiger partial charge in [0.2, 0.25) is 5.91 Å². The molecule has 1 spiro atoms. The van der Waals surface area contributed by atoms with Crippen molar-refractivity contribution in [3.05, 3.63) is 0 Å². The monoisotopic (exact) mass is 237 g/mol. The Kier molecular flexibility index (Phi) is 3.03. The molecule has 0 aromatic carbocycles. The van der Waals surface area contributed by atoms with E-state index in [4.69, 9.17) is 5.73 Å². The number of nitrogens with two attached hydrogens (primary N) is 1. The zero-order valence-electron chi connectivity index (χ0n) is 10.3. The Balaban J connectivity index is 2.27.